The molecule has 4 heteroatoms. The minimum atomic E-state index is -0.556. The molecule has 0 radical (unpaired) electrons. The van der Waals surface area contributed by atoms with Gasteiger partial charge in [-0.1, -0.05) is 13.3 Å². The largest absolute Gasteiger partial charge is 0.600 e. The first-order chi connectivity index (χ1) is 8.16. The predicted octanol–water partition coefficient (Wildman–Crippen LogP) is -0.368. The summed E-state index contributed by atoms with van der Waals surface area (Å²) in [5, 5.41) is 20.0. The van der Waals surface area contributed by atoms with Crippen molar-refractivity contribution in [2.75, 3.05) is 19.6 Å². The molecule has 3 N–H and O–H groups in total. The van der Waals surface area contributed by atoms with E-state index in [2.05, 4.69) is 6.92 Å². The van der Waals surface area contributed by atoms with Crippen molar-refractivity contribution in [3.8, 4) is 0 Å². The Kier molecular flexibility index (Phi) is 4.79. The maximum atomic E-state index is 11.3. The zero-order valence-corrected chi connectivity index (χ0v) is 11.0. The SMILES string of the molecule is CC1CCC[NH+](CC2CCCCC2[NH+]([O-])O)C1. The molecule has 1 aliphatic heterocycles. The summed E-state index contributed by atoms with van der Waals surface area (Å²) in [6, 6.07) is -0.0616. The number of hydrogen-bond acceptors (Lipinski definition) is 2. The van der Waals surface area contributed by atoms with Crippen molar-refractivity contribution in [1.82, 2.24) is 0 Å². The van der Waals surface area contributed by atoms with Crippen LogP contribution in [0, 0.1) is 17.0 Å². The van der Waals surface area contributed by atoms with Crippen LogP contribution in [-0.2, 0) is 0 Å². The number of hydrogen-bond donors (Lipinski definition) is 3. The van der Waals surface area contributed by atoms with E-state index in [0.717, 1.165) is 31.7 Å². The molecule has 0 aromatic rings. The van der Waals surface area contributed by atoms with Gasteiger partial charge in [-0.2, -0.15) is 0 Å². The molecule has 0 amide bonds. The van der Waals surface area contributed by atoms with Crippen LogP contribution in [0.4, 0.5) is 0 Å². The molecule has 2 fully saturated rings. The van der Waals surface area contributed by atoms with E-state index < -0.39 is 5.23 Å². The first kappa shape index (κ1) is 13.3. The minimum absolute atomic E-state index is 0.0616. The van der Waals surface area contributed by atoms with Crippen LogP contribution < -0.4 is 10.1 Å². The second-order valence-corrected chi connectivity index (χ2v) is 6.14. The van der Waals surface area contributed by atoms with Gasteiger partial charge < -0.3 is 10.1 Å². The highest BCUT2D eigenvalue weighted by molar-refractivity contribution is 4.74. The van der Waals surface area contributed by atoms with Crippen LogP contribution >= 0.6 is 0 Å². The summed E-state index contributed by atoms with van der Waals surface area (Å²) < 4.78 is 0. The maximum Gasteiger partial charge on any atom is 0.125 e. The molecule has 1 heterocycles. The molecule has 1 saturated carbocycles. The van der Waals surface area contributed by atoms with Crippen molar-refractivity contribution in [2.45, 2.75) is 51.5 Å². The Balaban J connectivity index is 1.86. The lowest BCUT2D eigenvalue weighted by molar-refractivity contribution is -1.07. The Morgan fingerprint density at radius 1 is 1.24 bits per heavy atom. The number of rotatable bonds is 3. The van der Waals surface area contributed by atoms with Crippen molar-refractivity contribution in [1.29, 1.82) is 0 Å². The molecule has 0 aromatic heterocycles. The number of piperidine rings is 1. The maximum absolute atomic E-state index is 11.3. The fourth-order valence-corrected chi connectivity index (χ4v) is 3.73. The molecule has 100 valence electrons. The quantitative estimate of drug-likeness (QED) is 0.593. The summed E-state index contributed by atoms with van der Waals surface area (Å²) in [5.41, 5.74) is 0. The summed E-state index contributed by atoms with van der Waals surface area (Å²) in [4.78, 5) is 1.65. The fourth-order valence-electron chi connectivity index (χ4n) is 3.73. The predicted molar refractivity (Wildman–Crippen MR) is 65.8 cm³/mol. The zero-order valence-electron chi connectivity index (χ0n) is 11.0. The third kappa shape index (κ3) is 3.65. The first-order valence-corrected chi connectivity index (χ1v) is 7.23. The summed E-state index contributed by atoms with van der Waals surface area (Å²) in [6.07, 6.45) is 7.06. The van der Waals surface area contributed by atoms with E-state index >= 15 is 0 Å². The molecule has 5 unspecified atom stereocenters. The number of nitrogens with one attached hydrogen (secondary N) is 2. The summed E-state index contributed by atoms with van der Waals surface area (Å²) in [5.74, 6) is 1.26. The van der Waals surface area contributed by atoms with Crippen molar-refractivity contribution >= 4 is 0 Å². The van der Waals surface area contributed by atoms with Gasteiger partial charge in [0.25, 0.3) is 0 Å². The first-order valence-electron chi connectivity index (χ1n) is 7.23. The van der Waals surface area contributed by atoms with E-state index in [1.807, 2.05) is 0 Å². The van der Waals surface area contributed by atoms with E-state index in [4.69, 9.17) is 0 Å². The fraction of sp³-hybridized carbons (Fsp3) is 1.00. The zero-order chi connectivity index (χ0) is 12.3. The van der Waals surface area contributed by atoms with Crippen LogP contribution in [0.25, 0.3) is 0 Å². The summed E-state index contributed by atoms with van der Waals surface area (Å²) >= 11 is 0. The molecule has 17 heavy (non-hydrogen) atoms. The van der Waals surface area contributed by atoms with Gasteiger partial charge in [-0.05, 0) is 25.7 Å². The number of quaternary nitrogens is 2. The molecule has 0 aromatic carbocycles. The molecular weight excluding hydrogens is 216 g/mol. The Morgan fingerprint density at radius 2 is 2.00 bits per heavy atom. The number of likely N-dealkylation sites (tertiary alicyclic amines) is 1. The van der Waals surface area contributed by atoms with Gasteiger partial charge in [-0.3, -0.25) is 0 Å². The highest BCUT2D eigenvalue weighted by Crippen LogP contribution is 2.21. The van der Waals surface area contributed by atoms with Gasteiger partial charge in [-0.25, -0.2) is 10.4 Å². The van der Waals surface area contributed by atoms with Gasteiger partial charge in [0.15, 0.2) is 0 Å². The topological polar surface area (TPSA) is 52.2 Å². The second-order valence-electron chi connectivity index (χ2n) is 6.14. The Bertz CT molecular complexity index is 235. The minimum Gasteiger partial charge on any atom is -0.600 e. The van der Waals surface area contributed by atoms with Gasteiger partial charge in [0.05, 0.1) is 25.6 Å². The van der Waals surface area contributed by atoms with Crippen LogP contribution in [-0.4, -0.2) is 30.9 Å². The van der Waals surface area contributed by atoms with E-state index in [9.17, 15) is 10.4 Å². The lowest BCUT2D eigenvalue weighted by Crippen LogP contribution is -3.16. The van der Waals surface area contributed by atoms with Crippen LogP contribution in [0.5, 0.6) is 0 Å². The third-order valence-electron chi connectivity index (χ3n) is 4.64. The molecule has 1 saturated heterocycles. The monoisotopic (exact) mass is 243 g/mol. The molecular formula is C13H27N2O2+. The molecule has 5 atom stereocenters. The van der Waals surface area contributed by atoms with E-state index in [1.165, 1.54) is 32.4 Å². The van der Waals surface area contributed by atoms with Crippen molar-refractivity contribution in [3.05, 3.63) is 5.21 Å². The standard InChI is InChI=1S/C13H26N2O2/c1-11-5-4-8-14(9-11)10-12-6-2-3-7-13(12)15(16)17/h11-13,15-16H,2-10H2,1H3/p+1. The van der Waals surface area contributed by atoms with E-state index in [1.54, 1.807) is 4.90 Å². The van der Waals surface area contributed by atoms with Gasteiger partial charge in [0.2, 0.25) is 0 Å². The van der Waals surface area contributed by atoms with Gasteiger partial charge in [0.1, 0.15) is 6.04 Å². The van der Waals surface area contributed by atoms with Crippen molar-refractivity contribution in [3.63, 3.8) is 0 Å². The summed E-state index contributed by atoms with van der Waals surface area (Å²) in [7, 11) is 0. The highest BCUT2D eigenvalue weighted by Gasteiger charge is 2.34. The summed E-state index contributed by atoms with van der Waals surface area (Å²) in [6.45, 7) is 5.94. The Labute approximate surface area is 104 Å². The van der Waals surface area contributed by atoms with Crippen LogP contribution in [0.2, 0.25) is 0 Å². The van der Waals surface area contributed by atoms with Crippen LogP contribution in [0.1, 0.15) is 45.4 Å². The van der Waals surface area contributed by atoms with Crippen molar-refractivity contribution in [2.24, 2.45) is 11.8 Å². The average Bonchev–Trinajstić information content (AvgIpc) is 2.29. The second kappa shape index (κ2) is 6.14. The third-order valence-corrected chi connectivity index (χ3v) is 4.64. The lowest BCUT2D eigenvalue weighted by atomic mass is 9.84. The molecule has 1 aliphatic carbocycles. The van der Waals surface area contributed by atoms with Gasteiger partial charge in [-0.15, -0.1) is 0 Å². The van der Waals surface area contributed by atoms with E-state index in [-0.39, 0.29) is 6.04 Å². The molecule has 4 nitrogen and oxygen atoms in total. The smallest absolute Gasteiger partial charge is 0.125 e. The van der Waals surface area contributed by atoms with Crippen molar-refractivity contribution < 1.29 is 15.3 Å². The average molecular weight is 243 g/mol. The number of hydroxylamine groups is 2. The molecule has 0 bridgehead atoms. The lowest BCUT2D eigenvalue weighted by Gasteiger charge is -2.37. The highest BCUT2D eigenvalue weighted by atomic mass is 16.8. The Hall–Kier alpha value is -0.160. The molecule has 0 spiro atoms. The van der Waals surface area contributed by atoms with E-state index in [0.29, 0.717) is 5.92 Å². The Morgan fingerprint density at radius 3 is 2.71 bits per heavy atom. The van der Waals surface area contributed by atoms with Crippen LogP contribution in [0.15, 0.2) is 0 Å². The normalized spacial score (nSPS) is 41.1. The van der Waals surface area contributed by atoms with Crippen LogP contribution in [0.3, 0.4) is 0 Å². The molecule has 2 aliphatic rings. The van der Waals surface area contributed by atoms with Gasteiger partial charge >= 0.3 is 0 Å². The molecule has 2 rings (SSSR count). The van der Waals surface area contributed by atoms with Gasteiger partial charge in [0, 0.05) is 12.3 Å².